The van der Waals surface area contributed by atoms with Gasteiger partial charge in [0.05, 0.1) is 11.7 Å². The lowest BCUT2D eigenvalue weighted by molar-refractivity contribution is 0.813. The molecule has 0 radical (unpaired) electrons. The van der Waals surface area contributed by atoms with Crippen molar-refractivity contribution in [2.75, 3.05) is 0 Å². The first kappa shape index (κ1) is 9.97. The van der Waals surface area contributed by atoms with E-state index in [0.29, 0.717) is 0 Å². The summed E-state index contributed by atoms with van der Waals surface area (Å²) in [5.74, 6) is 0. The first-order valence-corrected chi connectivity index (χ1v) is 5.50. The van der Waals surface area contributed by atoms with Crippen LogP contribution in [0.4, 0.5) is 0 Å². The third-order valence-corrected chi connectivity index (χ3v) is 2.48. The lowest BCUT2D eigenvalue weighted by Gasteiger charge is -1.95. The van der Waals surface area contributed by atoms with E-state index >= 15 is 0 Å². The Morgan fingerprint density at radius 2 is 2.20 bits per heavy atom. The van der Waals surface area contributed by atoms with E-state index in [-0.39, 0.29) is 0 Å². The molecule has 2 heteroatoms. The van der Waals surface area contributed by atoms with Crippen LogP contribution in [0, 0.1) is 0 Å². The highest BCUT2D eigenvalue weighted by Crippen LogP contribution is 2.12. The van der Waals surface area contributed by atoms with Gasteiger partial charge in [-0.1, -0.05) is 44.0 Å². The fraction of sp³-hybridized carbons (Fsp3) is 0.308. The van der Waals surface area contributed by atoms with Gasteiger partial charge in [0.2, 0.25) is 0 Å². The van der Waals surface area contributed by atoms with Gasteiger partial charge in [-0.15, -0.1) is 0 Å². The van der Waals surface area contributed by atoms with Crippen LogP contribution in [0.5, 0.6) is 0 Å². The van der Waals surface area contributed by atoms with Crippen LogP contribution in [-0.2, 0) is 0 Å². The van der Waals surface area contributed by atoms with Crippen molar-refractivity contribution < 1.29 is 0 Å². The van der Waals surface area contributed by atoms with Gasteiger partial charge in [-0.3, -0.25) is 0 Å². The van der Waals surface area contributed by atoms with Crippen LogP contribution >= 0.6 is 0 Å². The number of hydrogen-bond acceptors (Lipinski definition) is 1. The SMILES string of the molecule is CCCC/C=C/n1ncc2ccccc21. The summed E-state index contributed by atoms with van der Waals surface area (Å²) in [5.41, 5.74) is 1.17. The molecule has 0 aliphatic rings. The van der Waals surface area contributed by atoms with E-state index in [2.05, 4.69) is 36.4 Å². The maximum atomic E-state index is 4.32. The number of fused-ring (bicyclic) bond motifs is 1. The van der Waals surface area contributed by atoms with E-state index < -0.39 is 0 Å². The van der Waals surface area contributed by atoms with Gasteiger partial charge in [0.1, 0.15) is 0 Å². The van der Waals surface area contributed by atoms with Crippen molar-refractivity contribution >= 4 is 17.1 Å². The third kappa shape index (κ3) is 2.27. The smallest absolute Gasteiger partial charge is 0.0733 e. The summed E-state index contributed by atoms with van der Waals surface area (Å²) in [5, 5.41) is 5.52. The minimum absolute atomic E-state index is 1.13. The molecule has 78 valence electrons. The van der Waals surface area contributed by atoms with Gasteiger partial charge < -0.3 is 0 Å². The zero-order valence-corrected chi connectivity index (χ0v) is 9.06. The van der Waals surface area contributed by atoms with Crippen LogP contribution in [-0.4, -0.2) is 9.78 Å². The maximum absolute atomic E-state index is 4.32. The van der Waals surface area contributed by atoms with Crippen LogP contribution in [0.2, 0.25) is 0 Å². The van der Waals surface area contributed by atoms with Crippen LogP contribution in [0.3, 0.4) is 0 Å². The van der Waals surface area contributed by atoms with Crippen molar-refractivity contribution in [1.82, 2.24) is 9.78 Å². The van der Waals surface area contributed by atoms with Crippen molar-refractivity contribution in [3.05, 3.63) is 36.5 Å². The number of allylic oxidation sites excluding steroid dienone is 1. The zero-order valence-electron chi connectivity index (χ0n) is 9.06. The topological polar surface area (TPSA) is 17.8 Å². The Balaban J connectivity index is 2.17. The molecule has 1 heterocycles. The Bertz CT molecular complexity index is 454. The van der Waals surface area contributed by atoms with Gasteiger partial charge in [-0.05, 0) is 12.5 Å². The van der Waals surface area contributed by atoms with E-state index in [9.17, 15) is 0 Å². The Morgan fingerprint density at radius 3 is 3.07 bits per heavy atom. The van der Waals surface area contributed by atoms with Crippen molar-refractivity contribution in [1.29, 1.82) is 0 Å². The van der Waals surface area contributed by atoms with Gasteiger partial charge in [0.15, 0.2) is 0 Å². The number of para-hydroxylation sites is 1. The molecule has 15 heavy (non-hydrogen) atoms. The van der Waals surface area contributed by atoms with Gasteiger partial charge in [-0.2, -0.15) is 5.10 Å². The van der Waals surface area contributed by atoms with E-state index in [1.54, 1.807) is 0 Å². The molecule has 0 N–H and O–H groups in total. The standard InChI is InChI=1S/C13H16N2/c1-2-3-4-7-10-15-13-9-6-5-8-12(13)11-14-15/h5-11H,2-4H2,1H3/b10-7+. The molecule has 0 spiro atoms. The second kappa shape index (κ2) is 4.78. The lowest BCUT2D eigenvalue weighted by Crippen LogP contribution is -1.87. The first-order chi connectivity index (χ1) is 7.42. The normalized spacial score (nSPS) is 11.5. The maximum Gasteiger partial charge on any atom is 0.0733 e. The molecule has 0 atom stereocenters. The van der Waals surface area contributed by atoms with E-state index in [4.69, 9.17) is 0 Å². The monoisotopic (exact) mass is 200 g/mol. The molecule has 1 aromatic heterocycles. The summed E-state index contributed by atoms with van der Waals surface area (Å²) in [6.07, 6.45) is 9.75. The molecular weight excluding hydrogens is 184 g/mol. The van der Waals surface area contributed by atoms with E-state index in [1.807, 2.05) is 23.0 Å². The Labute approximate surface area is 90.2 Å². The molecule has 0 unspecified atom stereocenters. The largest absolute Gasteiger partial charge is 0.241 e. The highest BCUT2D eigenvalue weighted by atomic mass is 15.3. The van der Waals surface area contributed by atoms with E-state index in [1.165, 1.54) is 23.7 Å². The highest BCUT2D eigenvalue weighted by Gasteiger charge is 1.96. The van der Waals surface area contributed by atoms with Gasteiger partial charge in [0.25, 0.3) is 0 Å². The molecular formula is C13H16N2. The first-order valence-electron chi connectivity index (χ1n) is 5.50. The van der Waals surface area contributed by atoms with Crippen LogP contribution in [0.15, 0.2) is 36.5 Å². The predicted molar refractivity (Wildman–Crippen MR) is 64.6 cm³/mol. The zero-order chi connectivity index (χ0) is 10.5. The third-order valence-electron chi connectivity index (χ3n) is 2.48. The molecule has 2 rings (SSSR count). The Kier molecular flexibility index (Phi) is 3.18. The second-order valence-electron chi connectivity index (χ2n) is 3.67. The summed E-state index contributed by atoms with van der Waals surface area (Å²) < 4.78 is 1.94. The van der Waals surface area contributed by atoms with Gasteiger partial charge in [-0.25, -0.2) is 4.68 Å². The second-order valence-corrected chi connectivity index (χ2v) is 3.67. The summed E-state index contributed by atoms with van der Waals surface area (Å²) in [6, 6.07) is 8.25. The highest BCUT2D eigenvalue weighted by molar-refractivity contribution is 5.79. The Morgan fingerprint density at radius 1 is 1.33 bits per heavy atom. The Hall–Kier alpha value is -1.57. The summed E-state index contributed by atoms with van der Waals surface area (Å²) in [6.45, 7) is 2.21. The molecule has 1 aromatic carbocycles. The summed E-state index contributed by atoms with van der Waals surface area (Å²) in [7, 11) is 0. The fourth-order valence-electron chi connectivity index (χ4n) is 1.61. The number of hydrogen-bond donors (Lipinski definition) is 0. The molecule has 0 aliphatic carbocycles. The van der Waals surface area contributed by atoms with Crippen molar-refractivity contribution in [3.63, 3.8) is 0 Å². The van der Waals surface area contributed by atoms with Crippen molar-refractivity contribution in [3.8, 4) is 0 Å². The molecule has 0 bridgehead atoms. The predicted octanol–water partition coefficient (Wildman–Crippen LogP) is 3.70. The van der Waals surface area contributed by atoms with Crippen LogP contribution in [0.25, 0.3) is 17.1 Å². The van der Waals surface area contributed by atoms with Crippen LogP contribution in [0.1, 0.15) is 26.2 Å². The van der Waals surface area contributed by atoms with Crippen molar-refractivity contribution in [2.45, 2.75) is 26.2 Å². The fourth-order valence-corrected chi connectivity index (χ4v) is 1.61. The van der Waals surface area contributed by atoms with Gasteiger partial charge >= 0.3 is 0 Å². The molecule has 0 amide bonds. The number of nitrogens with zero attached hydrogens (tertiary/aromatic N) is 2. The lowest BCUT2D eigenvalue weighted by atomic mass is 10.2. The quantitative estimate of drug-likeness (QED) is 0.688. The minimum Gasteiger partial charge on any atom is -0.241 e. The molecule has 0 fully saturated rings. The van der Waals surface area contributed by atoms with Crippen LogP contribution < -0.4 is 0 Å². The molecule has 2 aromatic rings. The molecule has 2 nitrogen and oxygen atoms in total. The van der Waals surface area contributed by atoms with Gasteiger partial charge in [0, 0.05) is 11.6 Å². The molecule has 0 saturated carbocycles. The average Bonchev–Trinajstić information content (AvgIpc) is 2.68. The van der Waals surface area contributed by atoms with Crippen molar-refractivity contribution in [2.24, 2.45) is 0 Å². The number of benzene rings is 1. The molecule has 0 aliphatic heterocycles. The average molecular weight is 200 g/mol. The molecule has 0 saturated heterocycles. The number of aromatic nitrogens is 2. The minimum atomic E-state index is 1.13. The summed E-state index contributed by atoms with van der Waals surface area (Å²) in [4.78, 5) is 0. The number of unbranched alkanes of at least 4 members (excludes halogenated alkanes) is 2. The van der Waals surface area contributed by atoms with E-state index in [0.717, 1.165) is 6.42 Å². The summed E-state index contributed by atoms with van der Waals surface area (Å²) >= 11 is 0. The number of rotatable bonds is 4.